The molecule has 0 saturated heterocycles. The topological polar surface area (TPSA) is 17.1 Å². The van der Waals surface area contributed by atoms with E-state index in [9.17, 15) is 0 Å². The van der Waals surface area contributed by atoms with Crippen LogP contribution in [-0.2, 0) is 70.0 Å². The van der Waals surface area contributed by atoms with Gasteiger partial charge in [0.2, 0.25) is 0 Å². The minimum absolute atomic E-state index is 0. The average Bonchev–Trinajstić information content (AvgIpc) is 1.33. The number of hydrogen-bond donors (Lipinski definition) is 0. The monoisotopic (exact) mass is 296 g/mol. The predicted octanol–water partition coefficient (Wildman–Crippen LogP) is 2.19. The first-order valence-electron chi connectivity index (χ1n) is 2.02. The van der Waals surface area contributed by atoms with Crippen molar-refractivity contribution in [1.82, 2.24) is 0 Å². The van der Waals surface area contributed by atoms with Crippen molar-refractivity contribution in [2.24, 2.45) is 5.92 Å². The standard InChI is InChI=1S/C4H8.CH3OP.2Y/c1-4(2)3;1-3-2;;/h4H,1-2H2,3H3;1H3;;/q-2;;;. The van der Waals surface area contributed by atoms with Crippen LogP contribution in [0.2, 0.25) is 0 Å². The molecule has 0 heterocycles. The van der Waals surface area contributed by atoms with Crippen LogP contribution in [0.4, 0.5) is 0 Å². The van der Waals surface area contributed by atoms with E-state index >= 15 is 0 Å². The molecule has 0 aliphatic heterocycles. The van der Waals surface area contributed by atoms with Crippen molar-refractivity contribution >= 4 is 8.46 Å². The van der Waals surface area contributed by atoms with Crippen molar-refractivity contribution in [3.63, 3.8) is 0 Å². The Bertz CT molecular complexity index is 39.2. The van der Waals surface area contributed by atoms with Gasteiger partial charge in [-0.2, -0.15) is 0 Å². The third-order valence-corrected chi connectivity index (χ3v) is 0. The van der Waals surface area contributed by atoms with Gasteiger partial charge in [0.15, 0.2) is 8.46 Å². The van der Waals surface area contributed by atoms with Gasteiger partial charge in [-0.15, -0.1) is 6.92 Å². The van der Waals surface area contributed by atoms with Crippen molar-refractivity contribution in [2.75, 3.05) is 6.66 Å². The Kier molecular flexibility index (Phi) is 56.1. The summed E-state index contributed by atoms with van der Waals surface area (Å²) in [6.07, 6.45) is 0. The second-order valence-electron chi connectivity index (χ2n) is 1.29. The summed E-state index contributed by atoms with van der Waals surface area (Å²) in [7, 11) is 0.167. The third-order valence-electron chi connectivity index (χ3n) is 0. The second-order valence-corrected chi connectivity index (χ2v) is 1.65. The van der Waals surface area contributed by atoms with Crippen molar-refractivity contribution in [3.8, 4) is 0 Å². The molecule has 0 atom stereocenters. The normalized spacial score (nSPS) is 6.33. The zero-order chi connectivity index (χ0) is 6.28. The first-order chi connectivity index (χ1) is 3.15. The molecule has 0 bridgehead atoms. The van der Waals surface area contributed by atoms with Crippen molar-refractivity contribution in [1.29, 1.82) is 0 Å². The molecular weight excluding hydrogens is 285 g/mol. The molecular formula is C5H11OPY2-2. The summed E-state index contributed by atoms with van der Waals surface area (Å²) in [5.74, 6) is 0.333. The van der Waals surface area contributed by atoms with E-state index in [0.717, 1.165) is 0 Å². The van der Waals surface area contributed by atoms with Crippen LogP contribution in [0, 0.1) is 19.8 Å². The summed E-state index contributed by atoms with van der Waals surface area (Å²) >= 11 is 0. The maximum atomic E-state index is 8.90. The second kappa shape index (κ2) is 22.4. The van der Waals surface area contributed by atoms with Crippen LogP contribution in [0.25, 0.3) is 0 Å². The molecule has 0 fully saturated rings. The van der Waals surface area contributed by atoms with Gasteiger partial charge in [-0.1, -0.05) is 0 Å². The Balaban J connectivity index is -0.0000000233. The van der Waals surface area contributed by atoms with Crippen LogP contribution in [0.3, 0.4) is 0 Å². The van der Waals surface area contributed by atoms with Crippen LogP contribution in [0.5, 0.6) is 0 Å². The zero-order valence-electron chi connectivity index (χ0n) is 6.00. The summed E-state index contributed by atoms with van der Waals surface area (Å²) in [6.45, 7) is 10.5. The first kappa shape index (κ1) is 22.5. The maximum absolute atomic E-state index is 8.90. The van der Waals surface area contributed by atoms with Gasteiger partial charge in [0, 0.05) is 72.1 Å². The summed E-state index contributed by atoms with van der Waals surface area (Å²) in [6, 6.07) is 0. The molecule has 2 radical (unpaired) electrons. The Morgan fingerprint density at radius 2 is 1.33 bits per heavy atom. The molecule has 0 aromatic heterocycles. The largest absolute Gasteiger partial charge is 0.370 e. The Hall–Kier alpha value is 2.31. The van der Waals surface area contributed by atoms with Gasteiger partial charge in [0.25, 0.3) is 0 Å². The van der Waals surface area contributed by atoms with Gasteiger partial charge in [0.1, 0.15) is 0 Å². The molecule has 9 heavy (non-hydrogen) atoms. The van der Waals surface area contributed by atoms with Crippen molar-refractivity contribution in [3.05, 3.63) is 13.8 Å². The fraction of sp³-hybridized carbons (Fsp3) is 0.600. The van der Waals surface area contributed by atoms with Gasteiger partial charge in [-0.25, -0.2) is 0 Å². The molecule has 0 aromatic rings. The molecule has 0 amide bonds. The SMILES string of the molecule is CP=O.[CH2-]C([CH2-])C.[Y].[Y]. The third kappa shape index (κ3) is 134. The maximum Gasteiger partial charge on any atom is 0.151 e. The Morgan fingerprint density at radius 3 is 1.33 bits per heavy atom. The minimum Gasteiger partial charge on any atom is -0.370 e. The van der Waals surface area contributed by atoms with Gasteiger partial charge in [-0.3, -0.25) is 4.57 Å². The number of rotatable bonds is 0. The molecule has 0 N–H and O–H groups in total. The van der Waals surface area contributed by atoms with Gasteiger partial charge >= 0.3 is 0 Å². The zero-order valence-corrected chi connectivity index (χ0v) is 12.6. The predicted molar refractivity (Wildman–Crippen MR) is 33.4 cm³/mol. The van der Waals surface area contributed by atoms with Crippen LogP contribution in [0.1, 0.15) is 6.92 Å². The van der Waals surface area contributed by atoms with E-state index < -0.39 is 0 Å². The van der Waals surface area contributed by atoms with E-state index in [0.29, 0.717) is 5.92 Å². The molecule has 0 saturated carbocycles. The van der Waals surface area contributed by atoms with Gasteiger partial charge in [0.05, 0.1) is 0 Å². The summed E-state index contributed by atoms with van der Waals surface area (Å²) < 4.78 is 8.90. The van der Waals surface area contributed by atoms with Crippen molar-refractivity contribution < 1.29 is 70.0 Å². The van der Waals surface area contributed by atoms with E-state index in [1.54, 1.807) is 6.66 Å². The Labute approximate surface area is 110 Å². The van der Waals surface area contributed by atoms with Crippen LogP contribution >= 0.6 is 8.46 Å². The summed E-state index contributed by atoms with van der Waals surface area (Å²) in [4.78, 5) is 0. The van der Waals surface area contributed by atoms with E-state index in [4.69, 9.17) is 4.57 Å². The molecule has 0 unspecified atom stereocenters. The molecule has 0 aliphatic rings. The van der Waals surface area contributed by atoms with Crippen LogP contribution in [0.15, 0.2) is 0 Å². The fourth-order valence-corrected chi connectivity index (χ4v) is 0. The number of hydrogen-bond acceptors (Lipinski definition) is 1. The quantitative estimate of drug-likeness (QED) is 0.495. The van der Waals surface area contributed by atoms with Gasteiger partial charge < -0.3 is 19.8 Å². The molecule has 0 rings (SSSR count). The molecule has 0 aromatic carbocycles. The van der Waals surface area contributed by atoms with E-state index in [2.05, 4.69) is 13.8 Å². The molecule has 0 spiro atoms. The summed E-state index contributed by atoms with van der Waals surface area (Å²) in [5, 5.41) is 0. The minimum atomic E-state index is 0. The fourth-order valence-electron chi connectivity index (χ4n) is 0. The van der Waals surface area contributed by atoms with E-state index in [-0.39, 0.29) is 73.9 Å². The van der Waals surface area contributed by atoms with Crippen LogP contribution < -0.4 is 0 Å². The smallest absolute Gasteiger partial charge is 0.151 e. The summed E-state index contributed by atoms with van der Waals surface area (Å²) in [5.41, 5.74) is 0. The molecule has 50 valence electrons. The first-order valence-corrected chi connectivity index (χ1v) is 3.28. The molecule has 0 aliphatic carbocycles. The average molecular weight is 296 g/mol. The van der Waals surface area contributed by atoms with Crippen LogP contribution in [-0.4, -0.2) is 6.66 Å². The van der Waals surface area contributed by atoms with E-state index in [1.807, 2.05) is 6.92 Å². The van der Waals surface area contributed by atoms with E-state index in [1.165, 1.54) is 0 Å². The molecule has 1 nitrogen and oxygen atoms in total. The Morgan fingerprint density at radius 1 is 1.33 bits per heavy atom. The molecule has 4 heteroatoms. The van der Waals surface area contributed by atoms with Gasteiger partial charge in [-0.05, 0) is 0 Å². The van der Waals surface area contributed by atoms with Crippen molar-refractivity contribution in [2.45, 2.75) is 6.92 Å².